The number of rotatable bonds is 3. The summed E-state index contributed by atoms with van der Waals surface area (Å²) in [4.78, 5) is 20.6. The van der Waals surface area contributed by atoms with Crippen LogP contribution in [0.2, 0.25) is 0 Å². The van der Waals surface area contributed by atoms with Gasteiger partial charge in [-0.15, -0.1) is 0 Å². The molecule has 0 fully saturated rings. The lowest BCUT2D eigenvalue weighted by Gasteiger charge is -2.31. The largest absolute Gasteiger partial charge is 0.420 e. The van der Waals surface area contributed by atoms with Crippen molar-refractivity contribution in [1.29, 1.82) is 0 Å². The van der Waals surface area contributed by atoms with Crippen LogP contribution in [0.25, 0.3) is 49.2 Å². The number of para-hydroxylation sites is 1. The predicted octanol–water partition coefficient (Wildman–Crippen LogP) is 8.50. The van der Waals surface area contributed by atoms with Gasteiger partial charge in [0.25, 0.3) is 0 Å². The van der Waals surface area contributed by atoms with Gasteiger partial charge in [0, 0.05) is 27.5 Å². The zero-order chi connectivity index (χ0) is 28.5. The molecule has 0 saturated heterocycles. The lowest BCUT2D eigenvalue weighted by atomic mass is 10.0. The summed E-state index contributed by atoms with van der Waals surface area (Å²) < 4.78 is 8.31. The van der Waals surface area contributed by atoms with Gasteiger partial charge in [-0.25, -0.2) is 4.79 Å². The maximum atomic E-state index is 13.2. The molecule has 0 amide bonds. The Morgan fingerprint density at radius 1 is 0.628 bits per heavy atom. The van der Waals surface area contributed by atoms with E-state index in [4.69, 9.17) is 9.41 Å². The summed E-state index contributed by atoms with van der Waals surface area (Å²) >= 11 is 0. The molecular weight excluding hydrogens is 530 g/mol. The molecule has 9 rings (SSSR count). The van der Waals surface area contributed by atoms with Crippen LogP contribution in [0.5, 0.6) is 0 Å². The SMILES string of the molecule is O=c1oc2c(ccc3c4ccccc4n(-c4ccc(N5C6C=CC=CC6=NC5c5ccccc5)cc4)c32)c2ccccc12. The van der Waals surface area contributed by atoms with Gasteiger partial charge in [0.1, 0.15) is 6.17 Å². The van der Waals surface area contributed by atoms with E-state index in [1.807, 2.05) is 30.3 Å². The Balaban J connectivity index is 1.25. The van der Waals surface area contributed by atoms with Crippen molar-refractivity contribution in [2.24, 2.45) is 4.99 Å². The summed E-state index contributed by atoms with van der Waals surface area (Å²) in [5.74, 6) is 0. The minimum absolute atomic E-state index is 0.0702. The summed E-state index contributed by atoms with van der Waals surface area (Å²) in [7, 11) is 0. The Kier molecular flexibility index (Phi) is 5.11. The topological polar surface area (TPSA) is 50.7 Å². The standard InChI is InChI=1S/C38H25N3O2/c42-38-31-14-5-4-12-27(31)30-23-22-29-28-13-6-8-16-33(28)40(35(29)36(30)43-38)25-18-20-26(21-19-25)41-34-17-9-7-15-32(34)39-37(41)24-10-2-1-3-11-24/h1-23,34,37H. The van der Waals surface area contributed by atoms with E-state index in [0.717, 1.165) is 55.2 Å². The number of allylic oxidation sites excluding steroid dienone is 2. The van der Waals surface area contributed by atoms with E-state index >= 15 is 0 Å². The molecule has 0 radical (unpaired) electrons. The molecule has 5 heteroatoms. The summed E-state index contributed by atoms with van der Waals surface area (Å²) in [6.07, 6.45) is 8.35. The Morgan fingerprint density at radius 3 is 2.16 bits per heavy atom. The Labute approximate surface area is 246 Å². The minimum Gasteiger partial charge on any atom is -0.420 e. The van der Waals surface area contributed by atoms with Gasteiger partial charge < -0.3 is 13.9 Å². The van der Waals surface area contributed by atoms with E-state index in [-0.39, 0.29) is 17.8 Å². The van der Waals surface area contributed by atoms with Crippen molar-refractivity contribution < 1.29 is 4.42 Å². The molecule has 2 unspecified atom stereocenters. The highest BCUT2D eigenvalue weighted by Gasteiger charge is 2.35. The molecule has 0 bridgehead atoms. The third-order valence-electron chi connectivity index (χ3n) is 8.73. The quantitative estimate of drug-likeness (QED) is 0.162. The van der Waals surface area contributed by atoms with Crippen molar-refractivity contribution in [3.8, 4) is 5.69 Å². The van der Waals surface area contributed by atoms with Gasteiger partial charge >= 0.3 is 5.63 Å². The molecule has 2 aromatic heterocycles. The molecule has 7 aromatic rings. The fourth-order valence-corrected chi connectivity index (χ4v) is 6.82. The van der Waals surface area contributed by atoms with E-state index in [1.54, 1.807) is 0 Å². The minimum atomic E-state index is -0.325. The van der Waals surface area contributed by atoms with Crippen LogP contribution in [-0.4, -0.2) is 16.3 Å². The second-order valence-corrected chi connectivity index (χ2v) is 11.1. The van der Waals surface area contributed by atoms with E-state index in [0.29, 0.717) is 11.0 Å². The van der Waals surface area contributed by atoms with Gasteiger partial charge in [0.05, 0.1) is 28.2 Å². The van der Waals surface area contributed by atoms with E-state index in [9.17, 15) is 4.79 Å². The first-order valence-electron chi connectivity index (χ1n) is 14.5. The highest BCUT2D eigenvalue weighted by Crippen LogP contribution is 2.40. The first-order valence-corrected chi connectivity index (χ1v) is 14.5. The molecular formula is C38H25N3O2. The van der Waals surface area contributed by atoms with Crippen molar-refractivity contribution in [2.75, 3.05) is 4.90 Å². The summed E-state index contributed by atoms with van der Waals surface area (Å²) in [5, 5.41) is 4.57. The molecule has 5 nitrogen and oxygen atoms in total. The van der Waals surface area contributed by atoms with Crippen molar-refractivity contribution in [3.63, 3.8) is 0 Å². The normalized spacial score (nSPS) is 17.8. The van der Waals surface area contributed by atoms with Gasteiger partial charge in [-0.1, -0.05) is 91.0 Å². The number of anilines is 1. The molecule has 0 N–H and O–H groups in total. The van der Waals surface area contributed by atoms with Gasteiger partial charge in [-0.2, -0.15) is 0 Å². The van der Waals surface area contributed by atoms with Crippen LogP contribution in [0.15, 0.2) is 154 Å². The number of hydrogen-bond donors (Lipinski definition) is 0. The fraction of sp³-hybridized carbons (Fsp3) is 0.0526. The van der Waals surface area contributed by atoms with Crippen molar-refractivity contribution >= 4 is 54.9 Å². The molecule has 5 aromatic carbocycles. The molecule has 43 heavy (non-hydrogen) atoms. The van der Waals surface area contributed by atoms with Crippen LogP contribution in [0.4, 0.5) is 5.69 Å². The van der Waals surface area contributed by atoms with Crippen molar-refractivity contribution in [2.45, 2.75) is 12.2 Å². The Hall–Kier alpha value is -5.68. The summed E-state index contributed by atoms with van der Waals surface area (Å²) in [5.41, 5.74) is 6.53. The third kappa shape index (κ3) is 3.52. The maximum absolute atomic E-state index is 13.2. The van der Waals surface area contributed by atoms with Crippen LogP contribution < -0.4 is 10.5 Å². The highest BCUT2D eigenvalue weighted by molar-refractivity contribution is 6.20. The first-order chi connectivity index (χ1) is 21.3. The zero-order valence-electron chi connectivity index (χ0n) is 23.1. The number of fused-ring (bicyclic) bond motifs is 8. The molecule has 2 aliphatic rings. The molecule has 204 valence electrons. The number of aromatic nitrogens is 1. The highest BCUT2D eigenvalue weighted by atomic mass is 16.4. The lowest BCUT2D eigenvalue weighted by molar-refractivity contribution is 0.572. The third-order valence-corrected chi connectivity index (χ3v) is 8.73. The lowest BCUT2D eigenvalue weighted by Crippen LogP contribution is -2.35. The molecule has 3 heterocycles. The van der Waals surface area contributed by atoms with Crippen LogP contribution in [0.3, 0.4) is 0 Å². The van der Waals surface area contributed by atoms with Crippen LogP contribution in [-0.2, 0) is 0 Å². The Bertz CT molecular complexity index is 2380. The average Bonchev–Trinajstić information content (AvgIpc) is 3.62. The Morgan fingerprint density at radius 2 is 1.33 bits per heavy atom. The number of hydrogen-bond acceptors (Lipinski definition) is 4. The van der Waals surface area contributed by atoms with Crippen LogP contribution >= 0.6 is 0 Å². The van der Waals surface area contributed by atoms with Crippen molar-refractivity contribution in [1.82, 2.24) is 4.57 Å². The number of nitrogens with zero attached hydrogens (tertiary/aromatic N) is 3. The summed E-state index contributed by atoms with van der Waals surface area (Å²) in [6.45, 7) is 0. The second-order valence-electron chi connectivity index (χ2n) is 11.1. The van der Waals surface area contributed by atoms with Crippen LogP contribution in [0, 0.1) is 0 Å². The second kappa shape index (κ2) is 9.16. The van der Waals surface area contributed by atoms with E-state index < -0.39 is 0 Å². The van der Waals surface area contributed by atoms with Gasteiger partial charge in [0.15, 0.2) is 5.58 Å². The zero-order valence-corrected chi connectivity index (χ0v) is 23.1. The monoisotopic (exact) mass is 555 g/mol. The van der Waals surface area contributed by atoms with Crippen molar-refractivity contribution in [3.05, 3.63) is 156 Å². The molecule has 1 aliphatic heterocycles. The molecule has 1 aliphatic carbocycles. The van der Waals surface area contributed by atoms with E-state index in [2.05, 4.69) is 119 Å². The van der Waals surface area contributed by atoms with Gasteiger partial charge in [-0.05, 0) is 59.5 Å². The molecule has 0 saturated carbocycles. The smallest absolute Gasteiger partial charge is 0.344 e. The summed E-state index contributed by atoms with van der Waals surface area (Å²) in [6, 6.07) is 39.4. The average molecular weight is 556 g/mol. The van der Waals surface area contributed by atoms with Crippen LogP contribution in [0.1, 0.15) is 11.7 Å². The number of benzene rings is 5. The molecule has 2 atom stereocenters. The fourth-order valence-electron chi connectivity index (χ4n) is 6.82. The molecule has 0 spiro atoms. The maximum Gasteiger partial charge on any atom is 0.344 e. The predicted molar refractivity (Wildman–Crippen MR) is 175 cm³/mol. The van der Waals surface area contributed by atoms with Gasteiger partial charge in [0.2, 0.25) is 0 Å². The van der Waals surface area contributed by atoms with Gasteiger partial charge in [-0.3, -0.25) is 4.99 Å². The first kappa shape index (κ1) is 24.0. The number of aliphatic imine (C=N–C) groups is 1. The van der Waals surface area contributed by atoms with E-state index in [1.165, 1.54) is 0 Å².